The van der Waals surface area contributed by atoms with Gasteiger partial charge in [0.15, 0.2) is 0 Å². The van der Waals surface area contributed by atoms with Gasteiger partial charge in [-0.15, -0.1) is 0 Å². The fourth-order valence-corrected chi connectivity index (χ4v) is 2.91. The van der Waals surface area contributed by atoms with E-state index in [9.17, 15) is 4.79 Å². The Bertz CT molecular complexity index is 511. The van der Waals surface area contributed by atoms with Gasteiger partial charge in [0, 0.05) is 31.1 Å². The molecule has 0 radical (unpaired) electrons. The molecule has 6 heteroatoms. The Labute approximate surface area is 141 Å². The van der Waals surface area contributed by atoms with E-state index in [-0.39, 0.29) is 5.91 Å². The van der Waals surface area contributed by atoms with Crippen molar-refractivity contribution in [1.29, 1.82) is 0 Å². The average molecular weight is 345 g/mol. The van der Waals surface area contributed by atoms with Gasteiger partial charge in [0.1, 0.15) is 5.75 Å². The summed E-state index contributed by atoms with van der Waals surface area (Å²) >= 11 is 11.9. The number of rotatable bonds is 5. The molecule has 122 valence electrons. The van der Waals surface area contributed by atoms with Crippen molar-refractivity contribution < 1.29 is 9.53 Å². The van der Waals surface area contributed by atoms with Gasteiger partial charge in [-0.1, -0.05) is 23.2 Å². The predicted molar refractivity (Wildman–Crippen MR) is 89.9 cm³/mol. The van der Waals surface area contributed by atoms with Gasteiger partial charge in [-0.3, -0.25) is 4.79 Å². The second-order valence-corrected chi connectivity index (χ2v) is 6.41. The highest BCUT2D eigenvalue weighted by molar-refractivity contribution is 6.35. The van der Waals surface area contributed by atoms with E-state index in [1.165, 1.54) is 0 Å². The Morgan fingerprint density at radius 3 is 2.82 bits per heavy atom. The number of ether oxygens (including phenoxy) is 1. The summed E-state index contributed by atoms with van der Waals surface area (Å²) in [6, 6.07) is 5.14. The van der Waals surface area contributed by atoms with Crippen LogP contribution in [0, 0.1) is 0 Å². The quantitative estimate of drug-likeness (QED) is 0.768. The molecule has 0 saturated carbocycles. The fraction of sp³-hybridized carbons (Fsp3) is 0.562. The SMILES string of the molecule is CN1CCCN(C(=O)CCCOc2ccc(Cl)cc2Cl)CC1. The van der Waals surface area contributed by atoms with Crippen molar-refractivity contribution in [3.8, 4) is 5.75 Å². The van der Waals surface area contributed by atoms with Crippen molar-refractivity contribution in [3.63, 3.8) is 0 Å². The Hall–Kier alpha value is -0.970. The Balaban J connectivity index is 1.70. The van der Waals surface area contributed by atoms with E-state index in [0.717, 1.165) is 32.6 Å². The van der Waals surface area contributed by atoms with E-state index in [2.05, 4.69) is 11.9 Å². The Morgan fingerprint density at radius 2 is 2.05 bits per heavy atom. The molecule has 4 nitrogen and oxygen atoms in total. The van der Waals surface area contributed by atoms with E-state index in [1.807, 2.05) is 4.90 Å². The third kappa shape index (κ3) is 5.34. The van der Waals surface area contributed by atoms with E-state index < -0.39 is 0 Å². The third-order valence-electron chi connectivity index (χ3n) is 3.76. The normalized spacial score (nSPS) is 16.4. The zero-order valence-electron chi connectivity index (χ0n) is 12.9. The van der Waals surface area contributed by atoms with Crippen molar-refractivity contribution >= 4 is 29.1 Å². The molecule has 1 aromatic rings. The number of likely N-dealkylation sites (N-methyl/N-ethyl adjacent to an activating group) is 1. The summed E-state index contributed by atoms with van der Waals surface area (Å²) in [4.78, 5) is 16.4. The third-order valence-corrected chi connectivity index (χ3v) is 4.29. The van der Waals surface area contributed by atoms with Crippen LogP contribution in [0.3, 0.4) is 0 Å². The molecule has 0 aromatic heterocycles. The topological polar surface area (TPSA) is 32.8 Å². The molecule has 0 atom stereocenters. The lowest BCUT2D eigenvalue weighted by Crippen LogP contribution is -2.34. The molecule has 1 heterocycles. The summed E-state index contributed by atoms with van der Waals surface area (Å²) in [5.74, 6) is 0.816. The van der Waals surface area contributed by atoms with Gasteiger partial charge in [-0.25, -0.2) is 0 Å². The maximum atomic E-state index is 12.2. The molecule has 0 bridgehead atoms. The van der Waals surface area contributed by atoms with Crippen LogP contribution in [0.15, 0.2) is 18.2 Å². The van der Waals surface area contributed by atoms with Gasteiger partial charge in [0.2, 0.25) is 5.91 Å². The number of carbonyl (C=O) groups is 1. The molecule has 2 rings (SSSR count). The summed E-state index contributed by atoms with van der Waals surface area (Å²) in [6.07, 6.45) is 2.23. The van der Waals surface area contributed by atoms with Gasteiger partial charge < -0.3 is 14.5 Å². The molecular formula is C16H22Cl2N2O2. The summed E-state index contributed by atoms with van der Waals surface area (Å²) in [5.41, 5.74) is 0. The maximum absolute atomic E-state index is 12.2. The average Bonchev–Trinajstić information content (AvgIpc) is 2.70. The van der Waals surface area contributed by atoms with Crippen LogP contribution in [0.5, 0.6) is 5.75 Å². The van der Waals surface area contributed by atoms with Crippen LogP contribution < -0.4 is 4.74 Å². The molecule has 1 aromatic carbocycles. The fourth-order valence-electron chi connectivity index (χ4n) is 2.45. The number of carbonyl (C=O) groups excluding carboxylic acids is 1. The Morgan fingerprint density at radius 1 is 1.23 bits per heavy atom. The molecule has 1 amide bonds. The van der Waals surface area contributed by atoms with Gasteiger partial charge >= 0.3 is 0 Å². The highest BCUT2D eigenvalue weighted by Crippen LogP contribution is 2.27. The highest BCUT2D eigenvalue weighted by atomic mass is 35.5. The number of nitrogens with zero attached hydrogens (tertiary/aromatic N) is 2. The first kappa shape index (κ1) is 17.4. The van der Waals surface area contributed by atoms with Gasteiger partial charge in [-0.05, 0) is 44.6 Å². The molecule has 22 heavy (non-hydrogen) atoms. The van der Waals surface area contributed by atoms with Crippen molar-refractivity contribution in [3.05, 3.63) is 28.2 Å². The number of hydrogen-bond donors (Lipinski definition) is 0. The number of halogens is 2. The number of benzene rings is 1. The van der Waals surface area contributed by atoms with Gasteiger partial charge in [-0.2, -0.15) is 0 Å². The van der Waals surface area contributed by atoms with Crippen LogP contribution in [-0.2, 0) is 4.79 Å². The molecule has 1 aliphatic rings. The zero-order valence-corrected chi connectivity index (χ0v) is 14.4. The van der Waals surface area contributed by atoms with E-state index in [4.69, 9.17) is 27.9 Å². The monoisotopic (exact) mass is 344 g/mol. The maximum Gasteiger partial charge on any atom is 0.222 e. The van der Waals surface area contributed by atoms with Crippen molar-refractivity contribution in [1.82, 2.24) is 9.80 Å². The lowest BCUT2D eigenvalue weighted by atomic mass is 10.2. The van der Waals surface area contributed by atoms with Crippen molar-refractivity contribution in [2.75, 3.05) is 39.8 Å². The van der Waals surface area contributed by atoms with E-state index in [1.54, 1.807) is 18.2 Å². The minimum absolute atomic E-state index is 0.209. The molecule has 1 saturated heterocycles. The molecule has 0 spiro atoms. The smallest absolute Gasteiger partial charge is 0.222 e. The highest BCUT2D eigenvalue weighted by Gasteiger charge is 2.16. The minimum atomic E-state index is 0.209. The van der Waals surface area contributed by atoms with Crippen LogP contribution in [0.4, 0.5) is 0 Å². The van der Waals surface area contributed by atoms with Crippen LogP contribution in [-0.4, -0.2) is 55.5 Å². The van der Waals surface area contributed by atoms with E-state index >= 15 is 0 Å². The first-order valence-corrected chi connectivity index (χ1v) is 8.36. The lowest BCUT2D eigenvalue weighted by molar-refractivity contribution is -0.131. The number of amides is 1. The lowest BCUT2D eigenvalue weighted by Gasteiger charge is -2.20. The summed E-state index contributed by atoms with van der Waals surface area (Å²) in [6.45, 7) is 4.15. The summed E-state index contributed by atoms with van der Waals surface area (Å²) in [5, 5.41) is 1.08. The van der Waals surface area contributed by atoms with Crippen LogP contribution >= 0.6 is 23.2 Å². The predicted octanol–water partition coefficient (Wildman–Crippen LogP) is 3.32. The van der Waals surface area contributed by atoms with Gasteiger partial charge in [0.05, 0.1) is 11.6 Å². The van der Waals surface area contributed by atoms with Crippen molar-refractivity contribution in [2.45, 2.75) is 19.3 Å². The molecule has 0 aliphatic carbocycles. The van der Waals surface area contributed by atoms with Crippen LogP contribution in [0.1, 0.15) is 19.3 Å². The number of hydrogen-bond acceptors (Lipinski definition) is 3. The molecule has 1 fully saturated rings. The molecule has 1 aliphatic heterocycles. The van der Waals surface area contributed by atoms with Crippen LogP contribution in [0.2, 0.25) is 10.0 Å². The minimum Gasteiger partial charge on any atom is -0.492 e. The summed E-state index contributed by atoms with van der Waals surface area (Å²) in [7, 11) is 2.09. The second kappa shape index (κ2) is 8.61. The molecule has 0 N–H and O–H groups in total. The zero-order chi connectivity index (χ0) is 15.9. The van der Waals surface area contributed by atoms with E-state index in [0.29, 0.717) is 35.2 Å². The van der Waals surface area contributed by atoms with Gasteiger partial charge in [0.25, 0.3) is 0 Å². The van der Waals surface area contributed by atoms with Crippen molar-refractivity contribution in [2.24, 2.45) is 0 Å². The standard InChI is InChI=1S/C16H22Cl2N2O2/c1-19-7-3-8-20(10-9-19)16(21)4-2-11-22-15-6-5-13(17)12-14(15)18/h5-6,12H,2-4,7-11H2,1H3. The second-order valence-electron chi connectivity index (χ2n) is 5.56. The first-order chi connectivity index (χ1) is 10.6. The first-order valence-electron chi connectivity index (χ1n) is 7.60. The summed E-state index contributed by atoms with van der Waals surface area (Å²) < 4.78 is 5.60. The van der Waals surface area contributed by atoms with Crippen LogP contribution in [0.25, 0.3) is 0 Å². The molecular weight excluding hydrogens is 323 g/mol. The largest absolute Gasteiger partial charge is 0.492 e. The Kier molecular flexibility index (Phi) is 6.80. The molecule has 0 unspecified atom stereocenters.